The molecule has 10 heteroatoms. The molecule has 2 amide bonds. The Morgan fingerprint density at radius 2 is 1.76 bits per heavy atom. The summed E-state index contributed by atoms with van der Waals surface area (Å²) in [7, 11) is 1.83. The number of ether oxygens (including phenoxy) is 1. The monoisotopic (exact) mass is 501 g/mol. The van der Waals surface area contributed by atoms with Gasteiger partial charge in [-0.3, -0.25) is 9.59 Å². The van der Waals surface area contributed by atoms with Crippen LogP contribution in [0.25, 0.3) is 0 Å². The topological polar surface area (TPSA) is 98.1 Å². The van der Waals surface area contributed by atoms with Crippen molar-refractivity contribution >= 4 is 40.9 Å². The lowest BCUT2D eigenvalue weighted by Gasteiger charge is -2.21. The third-order valence-corrected chi connectivity index (χ3v) is 6.26. The van der Waals surface area contributed by atoms with Gasteiger partial charge in [0.2, 0.25) is 5.91 Å². The van der Waals surface area contributed by atoms with Crippen LogP contribution in [0.4, 0.5) is 5.69 Å². The number of carbonyl (C=O) groups is 2. The highest BCUT2D eigenvalue weighted by atomic mass is 35.5. The van der Waals surface area contributed by atoms with Gasteiger partial charge in [-0.05, 0) is 61.4 Å². The van der Waals surface area contributed by atoms with E-state index < -0.39 is 0 Å². The van der Waals surface area contributed by atoms with Crippen LogP contribution in [0.3, 0.4) is 0 Å². The third-order valence-electron chi connectivity index (χ3n) is 4.99. The van der Waals surface area contributed by atoms with E-state index in [1.165, 1.54) is 11.8 Å². The smallest absolute Gasteiger partial charge is 0.251 e. The molecule has 0 bridgehead atoms. The predicted octanol–water partition coefficient (Wildman–Crippen LogP) is 4.73. The molecule has 8 nitrogen and oxygen atoms in total. The molecule has 180 valence electrons. The Kier molecular flexibility index (Phi) is 8.95. The molecule has 0 saturated carbocycles. The van der Waals surface area contributed by atoms with E-state index in [9.17, 15) is 9.59 Å². The summed E-state index contributed by atoms with van der Waals surface area (Å²) >= 11 is 7.20. The fourth-order valence-electron chi connectivity index (χ4n) is 3.21. The van der Waals surface area contributed by atoms with Gasteiger partial charge in [-0.2, -0.15) is 0 Å². The molecule has 0 aliphatic rings. The maximum absolute atomic E-state index is 12.7. The summed E-state index contributed by atoms with van der Waals surface area (Å²) in [4.78, 5) is 25.1. The summed E-state index contributed by atoms with van der Waals surface area (Å²) in [6, 6.07) is 13.6. The van der Waals surface area contributed by atoms with Crippen LogP contribution in [0.2, 0.25) is 5.02 Å². The second kappa shape index (κ2) is 11.9. The van der Waals surface area contributed by atoms with Crippen molar-refractivity contribution in [2.24, 2.45) is 13.0 Å². The van der Waals surface area contributed by atoms with Gasteiger partial charge in [-0.15, -0.1) is 10.2 Å². The number of nitrogens with one attached hydrogen (secondary N) is 2. The van der Waals surface area contributed by atoms with E-state index in [1.54, 1.807) is 36.4 Å². The minimum Gasteiger partial charge on any atom is -0.494 e. The Bertz CT molecular complexity index is 1120. The van der Waals surface area contributed by atoms with Crippen LogP contribution >= 0.6 is 23.4 Å². The summed E-state index contributed by atoms with van der Waals surface area (Å²) < 4.78 is 7.22. The molecule has 0 aliphatic heterocycles. The first-order valence-corrected chi connectivity index (χ1v) is 12.3. The highest BCUT2D eigenvalue weighted by Crippen LogP contribution is 2.25. The summed E-state index contributed by atoms with van der Waals surface area (Å²) in [5.41, 5.74) is 1.20. The average Bonchev–Trinajstić information content (AvgIpc) is 3.17. The molecule has 1 aromatic heterocycles. The van der Waals surface area contributed by atoms with Gasteiger partial charge >= 0.3 is 0 Å². The first kappa shape index (κ1) is 25.6. The second-order valence-electron chi connectivity index (χ2n) is 7.90. The number of halogens is 1. The van der Waals surface area contributed by atoms with Crippen LogP contribution in [0.5, 0.6) is 5.75 Å². The number of nitrogens with zero attached hydrogens (tertiary/aromatic N) is 3. The summed E-state index contributed by atoms with van der Waals surface area (Å²) in [5.74, 6) is 1.23. The Balaban J connectivity index is 1.62. The number of amides is 2. The Morgan fingerprint density at radius 3 is 2.38 bits per heavy atom. The van der Waals surface area contributed by atoms with E-state index in [2.05, 4.69) is 20.8 Å². The van der Waals surface area contributed by atoms with E-state index in [-0.39, 0.29) is 29.5 Å². The molecule has 0 spiro atoms. The lowest BCUT2D eigenvalue weighted by Crippen LogP contribution is -2.33. The first-order chi connectivity index (χ1) is 16.3. The fraction of sp³-hybridized carbons (Fsp3) is 0.333. The van der Waals surface area contributed by atoms with E-state index in [0.717, 1.165) is 5.75 Å². The van der Waals surface area contributed by atoms with Crippen LogP contribution in [-0.2, 0) is 11.8 Å². The SMILES string of the molecule is CCOc1ccc(NC(=O)CSc2nnc([C@@H](NC(=O)c3ccc(Cl)cc3)C(C)C)n2C)cc1. The minimum absolute atomic E-state index is 0.0694. The molecular weight excluding hydrogens is 474 g/mol. The molecule has 3 rings (SSSR count). The molecule has 2 N–H and O–H groups in total. The molecule has 1 heterocycles. The van der Waals surface area contributed by atoms with E-state index in [4.69, 9.17) is 16.3 Å². The lowest BCUT2D eigenvalue weighted by molar-refractivity contribution is -0.113. The number of anilines is 1. The van der Waals surface area contributed by atoms with E-state index >= 15 is 0 Å². The van der Waals surface area contributed by atoms with Crippen molar-refractivity contribution < 1.29 is 14.3 Å². The Hall–Kier alpha value is -3.04. The van der Waals surface area contributed by atoms with Crippen LogP contribution in [0, 0.1) is 5.92 Å². The van der Waals surface area contributed by atoms with Gasteiger partial charge in [0.25, 0.3) is 5.91 Å². The predicted molar refractivity (Wildman–Crippen MR) is 134 cm³/mol. The summed E-state index contributed by atoms with van der Waals surface area (Å²) in [6.45, 7) is 6.50. The standard InChI is InChI=1S/C24H28ClN5O3S/c1-5-33-19-12-10-18(11-13-19)26-20(31)14-34-24-29-28-22(30(24)4)21(15(2)3)27-23(32)16-6-8-17(25)9-7-16/h6-13,15,21H,5,14H2,1-4H3,(H,26,31)(H,27,32)/t21-/m0/s1. The minimum atomic E-state index is -0.354. The largest absolute Gasteiger partial charge is 0.494 e. The lowest BCUT2D eigenvalue weighted by atomic mass is 10.0. The van der Waals surface area contributed by atoms with E-state index in [0.29, 0.717) is 33.9 Å². The third kappa shape index (κ3) is 6.74. The molecule has 0 unspecified atom stereocenters. The normalized spacial score (nSPS) is 11.8. The number of rotatable bonds is 10. The molecular formula is C24H28ClN5O3S. The van der Waals surface area contributed by atoms with Crippen molar-refractivity contribution in [1.82, 2.24) is 20.1 Å². The second-order valence-corrected chi connectivity index (χ2v) is 9.28. The van der Waals surface area contributed by atoms with Crippen molar-refractivity contribution in [2.45, 2.75) is 32.0 Å². The van der Waals surface area contributed by atoms with Gasteiger partial charge < -0.3 is 19.9 Å². The number of hydrogen-bond donors (Lipinski definition) is 2. The van der Waals surface area contributed by atoms with Crippen molar-refractivity contribution in [3.8, 4) is 5.75 Å². The Labute approximate surface area is 208 Å². The fourth-order valence-corrected chi connectivity index (χ4v) is 4.05. The molecule has 0 fully saturated rings. The molecule has 1 atom stereocenters. The van der Waals surface area contributed by atoms with Crippen molar-refractivity contribution in [1.29, 1.82) is 0 Å². The van der Waals surface area contributed by atoms with Crippen LogP contribution in [0.1, 0.15) is 43.0 Å². The quantitative estimate of drug-likeness (QED) is 0.390. The van der Waals surface area contributed by atoms with Gasteiger partial charge in [-0.25, -0.2) is 0 Å². The number of thioether (sulfide) groups is 1. The van der Waals surface area contributed by atoms with Crippen molar-refractivity contribution in [2.75, 3.05) is 17.7 Å². The molecule has 0 aliphatic carbocycles. The molecule has 34 heavy (non-hydrogen) atoms. The molecule has 2 aromatic carbocycles. The van der Waals surface area contributed by atoms with Crippen molar-refractivity contribution in [3.05, 3.63) is 64.9 Å². The highest BCUT2D eigenvalue weighted by Gasteiger charge is 2.25. The van der Waals surface area contributed by atoms with Gasteiger partial charge in [0.05, 0.1) is 18.4 Å². The Morgan fingerprint density at radius 1 is 1.09 bits per heavy atom. The van der Waals surface area contributed by atoms with Crippen molar-refractivity contribution in [3.63, 3.8) is 0 Å². The number of benzene rings is 2. The molecule has 0 saturated heterocycles. The zero-order valence-electron chi connectivity index (χ0n) is 19.5. The van der Waals surface area contributed by atoms with Crippen LogP contribution in [0.15, 0.2) is 53.7 Å². The van der Waals surface area contributed by atoms with E-state index in [1.807, 2.05) is 44.5 Å². The average molecular weight is 502 g/mol. The van der Waals surface area contributed by atoms with Gasteiger partial charge in [0.15, 0.2) is 11.0 Å². The number of aromatic nitrogens is 3. The van der Waals surface area contributed by atoms with Crippen LogP contribution in [-0.4, -0.2) is 38.9 Å². The summed E-state index contributed by atoms with van der Waals surface area (Å²) in [5, 5.41) is 15.6. The summed E-state index contributed by atoms with van der Waals surface area (Å²) in [6.07, 6.45) is 0. The maximum Gasteiger partial charge on any atom is 0.251 e. The van der Waals surface area contributed by atoms with Gasteiger partial charge in [0, 0.05) is 23.3 Å². The van der Waals surface area contributed by atoms with Gasteiger partial charge in [-0.1, -0.05) is 37.2 Å². The zero-order valence-corrected chi connectivity index (χ0v) is 21.1. The molecule has 3 aromatic rings. The van der Waals surface area contributed by atoms with Gasteiger partial charge in [0.1, 0.15) is 5.75 Å². The van der Waals surface area contributed by atoms with Crippen LogP contribution < -0.4 is 15.4 Å². The first-order valence-electron chi connectivity index (χ1n) is 10.9. The maximum atomic E-state index is 12.7. The highest BCUT2D eigenvalue weighted by molar-refractivity contribution is 7.99. The zero-order chi connectivity index (χ0) is 24.7. The number of hydrogen-bond acceptors (Lipinski definition) is 6. The number of carbonyl (C=O) groups excluding carboxylic acids is 2. The molecule has 0 radical (unpaired) electrons.